The fourth-order valence-electron chi connectivity index (χ4n) is 2.40. The number of alkyl halides is 3. The molecule has 6 nitrogen and oxygen atoms in total. The highest BCUT2D eigenvalue weighted by atomic mass is 35.5. The second-order valence-corrected chi connectivity index (χ2v) is 6.01. The minimum absolute atomic E-state index is 0.0546. The molecule has 1 aromatic rings. The van der Waals surface area contributed by atoms with Gasteiger partial charge in [-0.2, -0.15) is 13.2 Å². The van der Waals surface area contributed by atoms with Crippen molar-refractivity contribution in [2.24, 2.45) is 5.92 Å². The number of aliphatic carboxylic acids is 1. The van der Waals surface area contributed by atoms with Gasteiger partial charge in [-0.05, 0) is 25.0 Å². The molecule has 0 aromatic heterocycles. The molecule has 0 bridgehead atoms. The van der Waals surface area contributed by atoms with Crippen LogP contribution < -0.4 is 10.1 Å². The molecule has 25 heavy (non-hydrogen) atoms. The number of nitrogens with one attached hydrogen (secondary N) is 1. The maximum Gasteiger partial charge on any atom is 0.422 e. The molecule has 2 amide bonds. The lowest BCUT2D eigenvalue weighted by molar-refractivity contribution is -0.153. The molecule has 138 valence electrons. The van der Waals surface area contributed by atoms with Crippen LogP contribution in [0.1, 0.15) is 12.8 Å². The van der Waals surface area contributed by atoms with Crippen molar-refractivity contribution in [1.29, 1.82) is 0 Å². The van der Waals surface area contributed by atoms with Crippen molar-refractivity contribution < 1.29 is 32.6 Å². The van der Waals surface area contributed by atoms with Gasteiger partial charge in [0.25, 0.3) is 0 Å². The van der Waals surface area contributed by atoms with Gasteiger partial charge in [0, 0.05) is 24.2 Å². The highest BCUT2D eigenvalue weighted by molar-refractivity contribution is 6.30. The zero-order valence-electron chi connectivity index (χ0n) is 13.0. The molecular weight excluding hydrogens is 365 g/mol. The van der Waals surface area contributed by atoms with Gasteiger partial charge in [-0.25, -0.2) is 4.79 Å². The number of ether oxygens (including phenoxy) is 1. The van der Waals surface area contributed by atoms with E-state index in [0.29, 0.717) is 12.8 Å². The Balaban J connectivity index is 2.02. The fourth-order valence-corrected chi connectivity index (χ4v) is 2.56. The zero-order chi connectivity index (χ0) is 18.6. The number of anilines is 1. The van der Waals surface area contributed by atoms with E-state index in [1.165, 1.54) is 23.1 Å². The molecule has 1 aromatic carbocycles. The van der Waals surface area contributed by atoms with Crippen LogP contribution in [-0.2, 0) is 4.79 Å². The minimum Gasteiger partial charge on any atom is -0.482 e. The Morgan fingerprint density at radius 1 is 1.32 bits per heavy atom. The van der Waals surface area contributed by atoms with Crippen LogP contribution >= 0.6 is 11.6 Å². The number of nitrogens with zero attached hydrogens (tertiary/aromatic N) is 1. The van der Waals surface area contributed by atoms with E-state index in [0.717, 1.165) is 0 Å². The van der Waals surface area contributed by atoms with Gasteiger partial charge in [-0.1, -0.05) is 11.6 Å². The summed E-state index contributed by atoms with van der Waals surface area (Å²) in [6.07, 6.45) is -3.89. The van der Waals surface area contributed by atoms with Crippen LogP contribution in [0.15, 0.2) is 18.2 Å². The number of carbonyl (C=O) groups excluding carboxylic acids is 1. The molecule has 1 saturated heterocycles. The van der Waals surface area contributed by atoms with Crippen LogP contribution in [0.5, 0.6) is 5.75 Å². The van der Waals surface area contributed by atoms with Crippen molar-refractivity contribution in [3.63, 3.8) is 0 Å². The maximum absolute atomic E-state index is 12.3. The van der Waals surface area contributed by atoms with Gasteiger partial charge in [0.05, 0.1) is 11.6 Å². The van der Waals surface area contributed by atoms with Crippen LogP contribution in [0.3, 0.4) is 0 Å². The Kier molecular flexibility index (Phi) is 5.99. The quantitative estimate of drug-likeness (QED) is 0.836. The van der Waals surface area contributed by atoms with Gasteiger partial charge >= 0.3 is 18.2 Å². The average Bonchev–Trinajstić information content (AvgIpc) is 2.54. The monoisotopic (exact) mass is 380 g/mol. The van der Waals surface area contributed by atoms with E-state index < -0.39 is 30.7 Å². The first-order valence-electron chi connectivity index (χ1n) is 7.43. The van der Waals surface area contributed by atoms with E-state index in [9.17, 15) is 22.8 Å². The molecule has 0 spiro atoms. The van der Waals surface area contributed by atoms with E-state index in [1.807, 2.05) is 0 Å². The van der Waals surface area contributed by atoms with Crippen LogP contribution in [0.25, 0.3) is 0 Å². The van der Waals surface area contributed by atoms with Gasteiger partial charge in [0.2, 0.25) is 0 Å². The minimum atomic E-state index is -4.53. The van der Waals surface area contributed by atoms with Crippen molar-refractivity contribution in [2.75, 3.05) is 25.0 Å². The summed E-state index contributed by atoms with van der Waals surface area (Å²) >= 11 is 5.76. The summed E-state index contributed by atoms with van der Waals surface area (Å²) in [7, 11) is 0. The van der Waals surface area contributed by atoms with Crippen molar-refractivity contribution in [3.05, 3.63) is 23.2 Å². The Labute approximate surface area is 146 Å². The van der Waals surface area contributed by atoms with Crippen LogP contribution in [0.2, 0.25) is 5.02 Å². The molecule has 0 saturated carbocycles. The third-order valence-corrected chi connectivity index (χ3v) is 3.94. The molecule has 0 radical (unpaired) electrons. The zero-order valence-corrected chi connectivity index (χ0v) is 13.7. The first kappa shape index (κ1) is 19.2. The molecule has 0 unspecified atom stereocenters. The van der Waals surface area contributed by atoms with E-state index in [2.05, 4.69) is 5.32 Å². The number of halogens is 4. The number of carboxylic acid groups (broad SMARTS) is 1. The van der Waals surface area contributed by atoms with E-state index >= 15 is 0 Å². The SMILES string of the molecule is O=C(O)C1CCN(C(=O)Nc2ccc(Cl)cc2OCC(F)(F)F)CC1. The first-order valence-corrected chi connectivity index (χ1v) is 7.81. The number of carboxylic acids is 1. The molecule has 0 aliphatic carbocycles. The summed E-state index contributed by atoms with van der Waals surface area (Å²) in [6, 6.07) is 3.40. The summed E-state index contributed by atoms with van der Waals surface area (Å²) < 4.78 is 41.7. The largest absolute Gasteiger partial charge is 0.482 e. The van der Waals surface area contributed by atoms with Gasteiger partial charge in [-0.3, -0.25) is 4.79 Å². The van der Waals surface area contributed by atoms with Crippen molar-refractivity contribution in [1.82, 2.24) is 4.90 Å². The van der Waals surface area contributed by atoms with E-state index in [1.54, 1.807) is 0 Å². The number of urea groups is 1. The third kappa shape index (κ3) is 5.70. The fraction of sp³-hybridized carbons (Fsp3) is 0.467. The molecule has 10 heteroatoms. The van der Waals surface area contributed by atoms with Crippen LogP contribution in [0.4, 0.5) is 23.7 Å². The number of piperidine rings is 1. The number of benzene rings is 1. The lowest BCUT2D eigenvalue weighted by Crippen LogP contribution is -2.42. The number of hydrogen-bond acceptors (Lipinski definition) is 3. The normalized spacial score (nSPS) is 15.8. The summed E-state index contributed by atoms with van der Waals surface area (Å²) in [4.78, 5) is 24.6. The van der Waals surface area contributed by atoms with Gasteiger partial charge in [-0.15, -0.1) is 0 Å². The topological polar surface area (TPSA) is 78.9 Å². The van der Waals surface area contributed by atoms with Crippen LogP contribution in [-0.4, -0.2) is 47.9 Å². The summed E-state index contributed by atoms with van der Waals surface area (Å²) in [5.74, 6) is -1.59. The highest BCUT2D eigenvalue weighted by Crippen LogP contribution is 2.30. The highest BCUT2D eigenvalue weighted by Gasteiger charge is 2.30. The summed E-state index contributed by atoms with van der Waals surface area (Å²) in [6.45, 7) is -1.02. The lowest BCUT2D eigenvalue weighted by Gasteiger charge is -2.30. The number of carbonyl (C=O) groups is 2. The lowest BCUT2D eigenvalue weighted by atomic mass is 9.97. The molecular formula is C15H16ClF3N2O4. The van der Waals surface area contributed by atoms with Crippen LogP contribution in [0, 0.1) is 5.92 Å². The molecule has 2 N–H and O–H groups in total. The Morgan fingerprint density at radius 3 is 2.52 bits per heavy atom. The molecule has 0 atom stereocenters. The van der Waals surface area contributed by atoms with Gasteiger partial charge in [0.1, 0.15) is 5.75 Å². The van der Waals surface area contributed by atoms with Crippen molar-refractivity contribution in [2.45, 2.75) is 19.0 Å². The number of hydrogen-bond donors (Lipinski definition) is 2. The number of rotatable bonds is 4. The Hall–Kier alpha value is -2.16. The van der Waals surface area contributed by atoms with Crippen molar-refractivity contribution in [3.8, 4) is 5.75 Å². The number of likely N-dealkylation sites (tertiary alicyclic amines) is 1. The second kappa shape index (κ2) is 7.81. The summed E-state index contributed by atoms with van der Waals surface area (Å²) in [5.41, 5.74) is 0.0546. The Bertz CT molecular complexity index is 646. The molecule has 2 rings (SSSR count). The number of amides is 2. The van der Waals surface area contributed by atoms with Crippen molar-refractivity contribution >= 4 is 29.3 Å². The average molecular weight is 381 g/mol. The second-order valence-electron chi connectivity index (χ2n) is 5.57. The first-order chi connectivity index (χ1) is 11.7. The maximum atomic E-state index is 12.3. The third-order valence-electron chi connectivity index (χ3n) is 3.71. The summed E-state index contributed by atoms with van der Waals surface area (Å²) in [5, 5.41) is 11.6. The van der Waals surface area contributed by atoms with Gasteiger partial charge in [0.15, 0.2) is 6.61 Å². The molecule has 1 aliphatic rings. The smallest absolute Gasteiger partial charge is 0.422 e. The van der Waals surface area contributed by atoms with E-state index in [4.69, 9.17) is 21.4 Å². The molecule has 1 heterocycles. The Morgan fingerprint density at radius 2 is 1.96 bits per heavy atom. The van der Waals surface area contributed by atoms with Gasteiger partial charge < -0.3 is 20.1 Å². The predicted octanol–water partition coefficient (Wildman–Crippen LogP) is 3.61. The van der Waals surface area contributed by atoms with E-state index in [-0.39, 0.29) is 29.5 Å². The predicted molar refractivity (Wildman–Crippen MR) is 84.0 cm³/mol. The molecule has 1 fully saturated rings. The standard InChI is InChI=1S/C15H16ClF3N2O4/c16-10-1-2-11(12(7-10)25-8-15(17,18)19)20-14(24)21-5-3-9(4-6-21)13(22)23/h1-2,7,9H,3-6,8H2,(H,20,24)(H,22,23). The molecule has 1 aliphatic heterocycles.